The van der Waals surface area contributed by atoms with Gasteiger partial charge in [-0.1, -0.05) is 5.21 Å². The monoisotopic (exact) mass is 237 g/mol. The van der Waals surface area contributed by atoms with E-state index in [1.54, 1.807) is 10.9 Å². The van der Waals surface area contributed by atoms with Crippen molar-refractivity contribution in [3.8, 4) is 0 Å². The molecule has 0 aromatic carbocycles. The SMILES string of the molecule is CC(C)(N)c1cn(CCC(=O)NC2CC2)nn1. The molecule has 3 N–H and O–H groups in total. The summed E-state index contributed by atoms with van der Waals surface area (Å²) in [6, 6.07) is 0.414. The van der Waals surface area contributed by atoms with Crippen molar-refractivity contribution in [1.82, 2.24) is 20.3 Å². The highest BCUT2D eigenvalue weighted by atomic mass is 16.1. The second kappa shape index (κ2) is 4.44. The molecule has 1 aromatic heterocycles. The molecular formula is C11H19N5O. The van der Waals surface area contributed by atoms with Gasteiger partial charge in [0.05, 0.1) is 18.3 Å². The molecular weight excluding hydrogens is 218 g/mol. The first-order valence-corrected chi connectivity index (χ1v) is 5.94. The molecule has 1 aliphatic rings. The third-order valence-electron chi connectivity index (χ3n) is 2.71. The summed E-state index contributed by atoms with van der Waals surface area (Å²) in [6.07, 6.45) is 4.45. The zero-order chi connectivity index (χ0) is 12.5. The van der Waals surface area contributed by atoms with E-state index in [1.165, 1.54) is 0 Å². The number of carbonyl (C=O) groups excluding carboxylic acids is 1. The van der Waals surface area contributed by atoms with Crippen molar-refractivity contribution < 1.29 is 4.79 Å². The lowest BCUT2D eigenvalue weighted by Gasteiger charge is -2.13. The van der Waals surface area contributed by atoms with Gasteiger partial charge in [-0.25, -0.2) is 0 Å². The Bertz CT molecular complexity index is 402. The van der Waals surface area contributed by atoms with E-state index < -0.39 is 5.54 Å². The number of aromatic nitrogens is 3. The first-order chi connectivity index (χ1) is 7.95. The van der Waals surface area contributed by atoms with Crippen molar-refractivity contribution in [1.29, 1.82) is 0 Å². The number of nitrogens with one attached hydrogen (secondary N) is 1. The van der Waals surface area contributed by atoms with Crippen LogP contribution in [0.1, 0.15) is 38.8 Å². The Hall–Kier alpha value is -1.43. The fourth-order valence-corrected chi connectivity index (χ4v) is 1.45. The summed E-state index contributed by atoms with van der Waals surface area (Å²) in [4.78, 5) is 11.5. The van der Waals surface area contributed by atoms with E-state index in [0.29, 0.717) is 19.0 Å². The van der Waals surface area contributed by atoms with Crippen molar-refractivity contribution in [2.45, 2.75) is 51.2 Å². The average molecular weight is 237 g/mol. The molecule has 1 fully saturated rings. The lowest BCUT2D eigenvalue weighted by atomic mass is 10.0. The van der Waals surface area contributed by atoms with Crippen LogP contribution < -0.4 is 11.1 Å². The highest BCUT2D eigenvalue weighted by Gasteiger charge is 2.23. The Morgan fingerprint density at radius 2 is 2.35 bits per heavy atom. The minimum Gasteiger partial charge on any atom is -0.353 e. The second-order valence-corrected chi connectivity index (χ2v) is 5.18. The van der Waals surface area contributed by atoms with Gasteiger partial charge in [0.1, 0.15) is 5.69 Å². The quantitative estimate of drug-likeness (QED) is 0.762. The Kier molecular flexibility index (Phi) is 3.15. The molecule has 1 heterocycles. The van der Waals surface area contributed by atoms with Crippen LogP contribution in [0.3, 0.4) is 0 Å². The van der Waals surface area contributed by atoms with Gasteiger partial charge in [0.25, 0.3) is 0 Å². The van der Waals surface area contributed by atoms with Crippen molar-refractivity contribution >= 4 is 5.91 Å². The molecule has 0 spiro atoms. The van der Waals surface area contributed by atoms with E-state index >= 15 is 0 Å². The minimum atomic E-state index is -0.492. The molecule has 6 heteroatoms. The number of hydrogen-bond acceptors (Lipinski definition) is 4. The normalized spacial score (nSPS) is 15.9. The topological polar surface area (TPSA) is 85.8 Å². The summed E-state index contributed by atoms with van der Waals surface area (Å²) in [5, 5.41) is 10.9. The van der Waals surface area contributed by atoms with Gasteiger partial charge in [0, 0.05) is 12.5 Å². The Morgan fingerprint density at radius 1 is 1.65 bits per heavy atom. The van der Waals surface area contributed by atoms with Gasteiger partial charge in [0.15, 0.2) is 0 Å². The van der Waals surface area contributed by atoms with Gasteiger partial charge < -0.3 is 11.1 Å². The summed E-state index contributed by atoms with van der Waals surface area (Å²) < 4.78 is 1.66. The molecule has 0 radical (unpaired) electrons. The summed E-state index contributed by atoms with van der Waals surface area (Å²) in [6.45, 7) is 4.30. The summed E-state index contributed by atoms with van der Waals surface area (Å²) in [7, 11) is 0. The van der Waals surface area contributed by atoms with Crippen molar-refractivity contribution in [2.24, 2.45) is 5.73 Å². The molecule has 0 atom stereocenters. The van der Waals surface area contributed by atoms with E-state index in [9.17, 15) is 4.79 Å². The van der Waals surface area contributed by atoms with Crippen LogP contribution in [0.5, 0.6) is 0 Å². The Labute approximate surface area is 101 Å². The number of aryl methyl sites for hydroxylation is 1. The summed E-state index contributed by atoms with van der Waals surface area (Å²) in [5.74, 6) is 0.0801. The number of nitrogens with zero attached hydrogens (tertiary/aromatic N) is 3. The van der Waals surface area contributed by atoms with Crippen LogP contribution in [0.2, 0.25) is 0 Å². The minimum absolute atomic E-state index is 0.0801. The molecule has 1 aromatic rings. The van der Waals surface area contributed by atoms with Gasteiger partial charge in [-0.15, -0.1) is 5.10 Å². The third-order valence-corrected chi connectivity index (χ3v) is 2.71. The Morgan fingerprint density at radius 3 is 2.88 bits per heavy atom. The molecule has 0 bridgehead atoms. The van der Waals surface area contributed by atoms with Crippen LogP contribution in [-0.2, 0) is 16.9 Å². The number of nitrogens with two attached hydrogens (primary N) is 1. The lowest BCUT2D eigenvalue weighted by molar-refractivity contribution is -0.121. The maximum Gasteiger partial charge on any atom is 0.222 e. The maximum absolute atomic E-state index is 11.5. The first-order valence-electron chi connectivity index (χ1n) is 5.94. The molecule has 17 heavy (non-hydrogen) atoms. The largest absolute Gasteiger partial charge is 0.353 e. The fourth-order valence-electron chi connectivity index (χ4n) is 1.45. The average Bonchev–Trinajstić information content (AvgIpc) is 2.90. The van der Waals surface area contributed by atoms with Gasteiger partial charge in [0.2, 0.25) is 5.91 Å². The van der Waals surface area contributed by atoms with E-state index in [1.807, 2.05) is 13.8 Å². The van der Waals surface area contributed by atoms with E-state index in [4.69, 9.17) is 5.73 Å². The molecule has 94 valence electrons. The second-order valence-electron chi connectivity index (χ2n) is 5.18. The highest BCUT2D eigenvalue weighted by Crippen LogP contribution is 2.18. The van der Waals surface area contributed by atoms with Crippen molar-refractivity contribution in [2.75, 3.05) is 0 Å². The maximum atomic E-state index is 11.5. The summed E-state index contributed by atoms with van der Waals surface area (Å²) >= 11 is 0. The number of rotatable bonds is 5. The van der Waals surface area contributed by atoms with Gasteiger partial charge in [-0.3, -0.25) is 9.48 Å². The first kappa shape index (κ1) is 12.0. The molecule has 0 aliphatic heterocycles. The van der Waals surface area contributed by atoms with Gasteiger partial charge in [-0.2, -0.15) is 0 Å². The molecule has 6 nitrogen and oxygen atoms in total. The van der Waals surface area contributed by atoms with Crippen LogP contribution in [-0.4, -0.2) is 26.9 Å². The van der Waals surface area contributed by atoms with Gasteiger partial charge in [-0.05, 0) is 26.7 Å². The van der Waals surface area contributed by atoms with Gasteiger partial charge >= 0.3 is 0 Å². The van der Waals surface area contributed by atoms with Crippen molar-refractivity contribution in [3.05, 3.63) is 11.9 Å². The van der Waals surface area contributed by atoms with Crippen LogP contribution in [0.25, 0.3) is 0 Å². The predicted molar refractivity (Wildman–Crippen MR) is 63.0 cm³/mol. The molecule has 0 saturated heterocycles. The number of hydrogen-bond donors (Lipinski definition) is 2. The number of carbonyl (C=O) groups is 1. The predicted octanol–water partition coefficient (Wildman–Crippen LogP) is 0.141. The zero-order valence-electron chi connectivity index (χ0n) is 10.3. The standard InChI is InChI=1S/C11H19N5O/c1-11(2,12)9-7-16(15-14-9)6-5-10(17)13-8-3-4-8/h7-8H,3-6,12H2,1-2H3,(H,13,17). The summed E-state index contributed by atoms with van der Waals surface area (Å²) in [5.41, 5.74) is 6.15. The van der Waals surface area contributed by atoms with Crippen molar-refractivity contribution in [3.63, 3.8) is 0 Å². The third kappa shape index (κ3) is 3.52. The Balaban J connectivity index is 1.82. The van der Waals surface area contributed by atoms with E-state index in [-0.39, 0.29) is 5.91 Å². The van der Waals surface area contributed by atoms with E-state index in [2.05, 4.69) is 15.6 Å². The van der Waals surface area contributed by atoms with Crippen LogP contribution in [0.4, 0.5) is 0 Å². The van der Waals surface area contributed by atoms with Crippen LogP contribution in [0, 0.1) is 0 Å². The van der Waals surface area contributed by atoms with Crippen LogP contribution in [0.15, 0.2) is 6.20 Å². The molecule has 1 amide bonds. The molecule has 0 unspecified atom stereocenters. The highest BCUT2D eigenvalue weighted by molar-refractivity contribution is 5.76. The zero-order valence-corrected chi connectivity index (χ0v) is 10.3. The smallest absolute Gasteiger partial charge is 0.222 e. The molecule has 1 aliphatic carbocycles. The molecule has 1 saturated carbocycles. The fraction of sp³-hybridized carbons (Fsp3) is 0.727. The van der Waals surface area contributed by atoms with Crippen LogP contribution >= 0.6 is 0 Å². The van der Waals surface area contributed by atoms with E-state index in [0.717, 1.165) is 18.5 Å². The lowest BCUT2D eigenvalue weighted by Crippen LogP contribution is -2.29. The number of amides is 1. The molecule has 2 rings (SSSR count).